The first-order valence-electron chi connectivity index (χ1n) is 11.0. The number of fused-ring (bicyclic) bond motifs is 1. The van der Waals surface area contributed by atoms with Crippen molar-refractivity contribution in [3.8, 4) is 11.5 Å². The fourth-order valence-corrected chi connectivity index (χ4v) is 4.33. The number of hydrogen-bond acceptors (Lipinski definition) is 4. The largest absolute Gasteiger partial charge is 0.497 e. The molecule has 0 radical (unpaired) electrons. The Balaban J connectivity index is 1.83. The van der Waals surface area contributed by atoms with E-state index in [1.165, 1.54) is 0 Å². The average molecular weight is 513 g/mol. The van der Waals surface area contributed by atoms with Crippen LogP contribution in [0.3, 0.4) is 0 Å². The van der Waals surface area contributed by atoms with Crippen LogP contribution in [-0.4, -0.2) is 43.0 Å². The predicted octanol–water partition coefficient (Wildman–Crippen LogP) is 4.93. The minimum Gasteiger partial charge on any atom is -0.497 e. The summed E-state index contributed by atoms with van der Waals surface area (Å²) in [4.78, 5) is 27.6. The Bertz CT molecular complexity index is 1120. The maximum Gasteiger partial charge on any atom is 0.261 e. The SMILES string of the molecule is CCNC(=O)[C@@H](CC)N(Cc1cccc(OC)c1)C(=O)COc1ccc2ccccc2c1Br. The van der Waals surface area contributed by atoms with E-state index >= 15 is 0 Å². The molecule has 3 aromatic rings. The van der Waals surface area contributed by atoms with Gasteiger partial charge in [-0.05, 0) is 63.8 Å². The van der Waals surface area contributed by atoms with Crippen LogP contribution in [0.2, 0.25) is 0 Å². The molecule has 0 spiro atoms. The highest BCUT2D eigenvalue weighted by molar-refractivity contribution is 9.10. The molecule has 0 fully saturated rings. The van der Waals surface area contributed by atoms with Crippen molar-refractivity contribution < 1.29 is 19.1 Å². The second kappa shape index (κ2) is 11.7. The van der Waals surface area contributed by atoms with Crippen LogP contribution in [0.15, 0.2) is 65.1 Å². The third-order valence-corrected chi connectivity index (χ3v) is 6.22. The molecule has 0 saturated heterocycles. The van der Waals surface area contributed by atoms with Crippen molar-refractivity contribution in [3.63, 3.8) is 0 Å². The Morgan fingerprint density at radius 2 is 1.85 bits per heavy atom. The van der Waals surface area contributed by atoms with Crippen LogP contribution in [0.5, 0.6) is 11.5 Å². The van der Waals surface area contributed by atoms with Gasteiger partial charge in [0.1, 0.15) is 17.5 Å². The quantitative estimate of drug-likeness (QED) is 0.418. The van der Waals surface area contributed by atoms with Gasteiger partial charge in [-0.2, -0.15) is 0 Å². The van der Waals surface area contributed by atoms with Crippen LogP contribution in [0.1, 0.15) is 25.8 Å². The predicted molar refractivity (Wildman–Crippen MR) is 133 cm³/mol. The number of ether oxygens (including phenoxy) is 2. The number of methoxy groups -OCH3 is 1. The number of carbonyl (C=O) groups excluding carboxylic acids is 2. The normalized spacial score (nSPS) is 11.6. The van der Waals surface area contributed by atoms with Gasteiger partial charge in [0.25, 0.3) is 5.91 Å². The first-order chi connectivity index (χ1) is 16.0. The number of hydrogen-bond donors (Lipinski definition) is 1. The molecule has 0 aromatic heterocycles. The van der Waals surface area contributed by atoms with Crippen molar-refractivity contribution in [3.05, 3.63) is 70.7 Å². The lowest BCUT2D eigenvalue weighted by Gasteiger charge is -2.30. The van der Waals surface area contributed by atoms with Crippen LogP contribution >= 0.6 is 15.9 Å². The summed E-state index contributed by atoms with van der Waals surface area (Å²) in [6.45, 7) is 4.34. The van der Waals surface area contributed by atoms with E-state index in [1.54, 1.807) is 12.0 Å². The van der Waals surface area contributed by atoms with Gasteiger partial charge in [-0.15, -0.1) is 0 Å². The van der Waals surface area contributed by atoms with Gasteiger partial charge in [-0.1, -0.05) is 49.4 Å². The van der Waals surface area contributed by atoms with Crippen LogP contribution < -0.4 is 14.8 Å². The van der Waals surface area contributed by atoms with Crippen molar-refractivity contribution in [1.82, 2.24) is 10.2 Å². The molecule has 3 aromatic carbocycles. The summed E-state index contributed by atoms with van der Waals surface area (Å²) in [5.41, 5.74) is 0.873. The van der Waals surface area contributed by atoms with E-state index in [4.69, 9.17) is 9.47 Å². The Labute approximate surface area is 203 Å². The molecule has 1 N–H and O–H groups in total. The van der Waals surface area contributed by atoms with E-state index in [2.05, 4.69) is 21.2 Å². The standard InChI is InChI=1S/C26H29BrN2O4/c1-4-22(26(31)28-5-2)29(16-18-9-8-11-20(15-18)32-3)24(30)17-33-23-14-13-19-10-6-7-12-21(19)25(23)27/h6-15,22H,4-5,16-17H2,1-3H3,(H,28,31)/t22-/m1/s1. The van der Waals surface area contributed by atoms with Gasteiger partial charge in [0, 0.05) is 13.1 Å². The Kier molecular flexibility index (Phi) is 8.72. The third-order valence-electron chi connectivity index (χ3n) is 5.40. The maximum absolute atomic E-state index is 13.3. The number of carbonyl (C=O) groups is 2. The molecule has 6 nitrogen and oxygen atoms in total. The zero-order chi connectivity index (χ0) is 23.8. The van der Waals surface area contributed by atoms with E-state index in [0.29, 0.717) is 24.5 Å². The number of rotatable bonds is 10. The van der Waals surface area contributed by atoms with Gasteiger partial charge < -0.3 is 19.7 Å². The summed E-state index contributed by atoms with van der Waals surface area (Å²) in [5.74, 6) is 0.829. The van der Waals surface area contributed by atoms with E-state index in [1.807, 2.05) is 74.5 Å². The van der Waals surface area contributed by atoms with Crippen LogP contribution in [0, 0.1) is 0 Å². The summed E-state index contributed by atoms with van der Waals surface area (Å²) >= 11 is 3.60. The Morgan fingerprint density at radius 1 is 1.06 bits per heavy atom. The zero-order valence-corrected chi connectivity index (χ0v) is 20.7. The fourth-order valence-electron chi connectivity index (χ4n) is 3.73. The lowest BCUT2D eigenvalue weighted by Crippen LogP contribution is -2.50. The highest BCUT2D eigenvalue weighted by Crippen LogP contribution is 2.33. The number of amides is 2. The summed E-state index contributed by atoms with van der Waals surface area (Å²) in [5, 5.41) is 4.92. The monoisotopic (exact) mass is 512 g/mol. The molecule has 2 amide bonds. The molecular weight excluding hydrogens is 484 g/mol. The highest BCUT2D eigenvalue weighted by atomic mass is 79.9. The van der Waals surface area contributed by atoms with Gasteiger partial charge >= 0.3 is 0 Å². The van der Waals surface area contributed by atoms with Crippen LogP contribution in [0.25, 0.3) is 10.8 Å². The molecular formula is C26H29BrN2O4. The Morgan fingerprint density at radius 3 is 2.58 bits per heavy atom. The molecule has 0 bridgehead atoms. The lowest BCUT2D eigenvalue weighted by molar-refractivity contribution is -0.142. The van der Waals surface area contributed by atoms with Crippen molar-refractivity contribution >= 4 is 38.5 Å². The summed E-state index contributed by atoms with van der Waals surface area (Å²) in [7, 11) is 1.60. The van der Waals surface area contributed by atoms with Gasteiger partial charge in [0.15, 0.2) is 6.61 Å². The zero-order valence-electron chi connectivity index (χ0n) is 19.1. The maximum atomic E-state index is 13.3. The van der Waals surface area contributed by atoms with Crippen molar-refractivity contribution in [2.75, 3.05) is 20.3 Å². The minimum absolute atomic E-state index is 0.178. The van der Waals surface area contributed by atoms with Crippen molar-refractivity contribution in [2.45, 2.75) is 32.9 Å². The molecule has 0 heterocycles. The number of nitrogens with zero attached hydrogens (tertiary/aromatic N) is 1. The number of halogens is 1. The second-order valence-corrected chi connectivity index (χ2v) is 8.37. The molecule has 174 valence electrons. The van der Waals surface area contributed by atoms with Crippen molar-refractivity contribution in [1.29, 1.82) is 0 Å². The van der Waals surface area contributed by atoms with Gasteiger partial charge in [-0.25, -0.2) is 0 Å². The molecule has 3 rings (SSSR count). The summed E-state index contributed by atoms with van der Waals surface area (Å²) < 4.78 is 12.0. The highest BCUT2D eigenvalue weighted by Gasteiger charge is 2.29. The van der Waals surface area contributed by atoms with Gasteiger partial charge in [0.2, 0.25) is 5.91 Å². The lowest BCUT2D eigenvalue weighted by atomic mass is 10.1. The summed E-state index contributed by atoms with van der Waals surface area (Å²) in [6.07, 6.45) is 0.487. The molecule has 1 atom stereocenters. The van der Waals surface area contributed by atoms with E-state index in [-0.39, 0.29) is 25.0 Å². The summed E-state index contributed by atoms with van der Waals surface area (Å²) in [6, 6.07) is 18.6. The Hall–Kier alpha value is -3.06. The molecule has 0 aliphatic rings. The molecule has 7 heteroatoms. The smallest absolute Gasteiger partial charge is 0.261 e. The molecule has 0 saturated carbocycles. The van der Waals surface area contributed by atoms with Gasteiger partial charge in [0.05, 0.1) is 11.6 Å². The third kappa shape index (κ3) is 6.05. The van der Waals surface area contributed by atoms with E-state index in [9.17, 15) is 9.59 Å². The fraction of sp³-hybridized carbons (Fsp3) is 0.308. The van der Waals surface area contributed by atoms with Gasteiger partial charge in [-0.3, -0.25) is 9.59 Å². The first-order valence-corrected chi connectivity index (χ1v) is 11.8. The van der Waals surface area contributed by atoms with E-state index < -0.39 is 6.04 Å². The molecule has 33 heavy (non-hydrogen) atoms. The number of benzene rings is 3. The molecule has 0 aliphatic heterocycles. The molecule has 0 unspecified atom stereocenters. The number of nitrogens with one attached hydrogen (secondary N) is 1. The number of likely N-dealkylation sites (N-methyl/N-ethyl adjacent to an activating group) is 1. The van der Waals surface area contributed by atoms with Crippen molar-refractivity contribution in [2.24, 2.45) is 0 Å². The van der Waals surface area contributed by atoms with E-state index in [0.717, 1.165) is 20.8 Å². The average Bonchev–Trinajstić information content (AvgIpc) is 2.83. The first kappa shape index (κ1) is 24.6. The minimum atomic E-state index is -0.604. The van der Waals surface area contributed by atoms with Crippen LogP contribution in [-0.2, 0) is 16.1 Å². The second-order valence-electron chi connectivity index (χ2n) is 7.58. The topological polar surface area (TPSA) is 67.9 Å². The molecule has 0 aliphatic carbocycles. The van der Waals surface area contributed by atoms with Crippen LogP contribution in [0.4, 0.5) is 0 Å².